The summed E-state index contributed by atoms with van der Waals surface area (Å²) in [7, 11) is -9.91. The third-order valence-corrected chi connectivity index (χ3v) is 19.1. The average molecular weight is 1370 g/mol. The molecule has 93 heavy (non-hydrogen) atoms. The molecule has 0 aromatic heterocycles. The topological polar surface area (TPSA) is 237 Å². The Morgan fingerprint density at radius 2 is 0.495 bits per heavy atom. The fourth-order valence-electron chi connectivity index (χ4n) is 11.3. The van der Waals surface area contributed by atoms with Crippen molar-refractivity contribution < 1.29 is 80.2 Å². The Labute approximate surface area is 568 Å². The van der Waals surface area contributed by atoms with Crippen LogP contribution >= 0.6 is 15.6 Å². The summed E-state index contributed by atoms with van der Waals surface area (Å²) in [5.74, 6) is -0.616. The highest BCUT2D eigenvalue weighted by molar-refractivity contribution is 7.47. The normalized spacial score (nSPS) is 14.1. The summed E-state index contributed by atoms with van der Waals surface area (Å²) >= 11 is 0. The third-order valence-electron chi connectivity index (χ3n) is 17.2. The fraction of sp³-hybridized carbons (Fsp3) is 0.946. The van der Waals surface area contributed by atoms with Crippen LogP contribution in [0.25, 0.3) is 0 Å². The van der Waals surface area contributed by atoms with Gasteiger partial charge in [0.2, 0.25) is 0 Å². The van der Waals surface area contributed by atoms with E-state index in [-0.39, 0.29) is 25.7 Å². The standard InChI is InChI=1S/C74H144O17P2/c1-7-9-11-13-15-17-19-23-28-32-38-44-50-56-71(76)84-62-69(90-74(79)59-53-47-40-34-30-26-22-21-25-27-31-36-42-48-54-66(3)4)64-88-92(80,81)86-60-68(75)61-87-93(82,83)89-65-70(63-85-72(77)57-51-45-41-35-37-43-49-55-67(5)6)91-73(78)58-52-46-39-33-29-24-20-18-16-14-12-10-8-2/h66-70,75H,7-65H2,1-6H3,(H,80,81)(H,82,83)/t68-,69-,70-/m1/s1. The molecule has 2 unspecified atom stereocenters. The van der Waals surface area contributed by atoms with E-state index >= 15 is 0 Å². The van der Waals surface area contributed by atoms with E-state index in [2.05, 4.69) is 41.5 Å². The molecule has 0 aromatic rings. The quantitative estimate of drug-likeness (QED) is 0.0222. The zero-order valence-electron chi connectivity index (χ0n) is 60.6. The second kappa shape index (κ2) is 66.0. The van der Waals surface area contributed by atoms with Crippen molar-refractivity contribution in [1.29, 1.82) is 0 Å². The molecule has 19 heteroatoms. The lowest BCUT2D eigenvalue weighted by Crippen LogP contribution is -2.30. The highest BCUT2D eigenvalue weighted by Crippen LogP contribution is 2.45. The van der Waals surface area contributed by atoms with E-state index in [4.69, 9.17) is 37.0 Å². The first kappa shape index (κ1) is 91.1. The van der Waals surface area contributed by atoms with Crippen LogP contribution in [0.4, 0.5) is 0 Å². The van der Waals surface area contributed by atoms with Gasteiger partial charge in [0.15, 0.2) is 12.2 Å². The Kier molecular flexibility index (Phi) is 64.6. The van der Waals surface area contributed by atoms with Crippen LogP contribution in [0.5, 0.6) is 0 Å². The second-order valence-corrected chi connectivity index (χ2v) is 30.5. The van der Waals surface area contributed by atoms with Crippen molar-refractivity contribution in [3.8, 4) is 0 Å². The summed E-state index contributed by atoms with van der Waals surface area (Å²) in [5, 5.41) is 10.6. The minimum Gasteiger partial charge on any atom is -0.462 e. The van der Waals surface area contributed by atoms with Gasteiger partial charge in [-0.1, -0.05) is 330 Å². The van der Waals surface area contributed by atoms with E-state index < -0.39 is 97.5 Å². The molecule has 0 rings (SSSR count). The van der Waals surface area contributed by atoms with E-state index in [1.807, 2.05) is 0 Å². The summed E-state index contributed by atoms with van der Waals surface area (Å²) in [6.07, 6.45) is 52.6. The smallest absolute Gasteiger partial charge is 0.462 e. The first-order valence-electron chi connectivity index (χ1n) is 38.5. The molecule has 0 saturated carbocycles. The Morgan fingerprint density at radius 3 is 0.731 bits per heavy atom. The molecule has 0 aliphatic rings. The van der Waals surface area contributed by atoms with Crippen LogP contribution in [0.15, 0.2) is 0 Å². The summed E-state index contributed by atoms with van der Waals surface area (Å²) in [4.78, 5) is 72.7. The Morgan fingerprint density at radius 1 is 0.290 bits per heavy atom. The summed E-state index contributed by atoms with van der Waals surface area (Å²) < 4.78 is 68.4. The maximum Gasteiger partial charge on any atom is 0.472 e. The van der Waals surface area contributed by atoms with Crippen LogP contribution < -0.4 is 0 Å². The van der Waals surface area contributed by atoms with Crippen LogP contribution in [-0.4, -0.2) is 96.7 Å². The van der Waals surface area contributed by atoms with Crippen LogP contribution in [0, 0.1) is 11.8 Å². The van der Waals surface area contributed by atoms with E-state index in [9.17, 15) is 43.2 Å². The van der Waals surface area contributed by atoms with Crippen LogP contribution in [-0.2, 0) is 65.4 Å². The Hall–Kier alpha value is -1.94. The summed E-state index contributed by atoms with van der Waals surface area (Å²) in [6, 6.07) is 0. The van der Waals surface area contributed by atoms with E-state index in [1.54, 1.807) is 0 Å². The lowest BCUT2D eigenvalue weighted by molar-refractivity contribution is -0.161. The maximum absolute atomic E-state index is 13.1. The predicted molar refractivity (Wildman–Crippen MR) is 377 cm³/mol. The molecule has 0 bridgehead atoms. The lowest BCUT2D eigenvalue weighted by atomic mass is 10.0. The molecule has 0 fully saturated rings. The van der Waals surface area contributed by atoms with Crippen molar-refractivity contribution in [1.82, 2.24) is 0 Å². The van der Waals surface area contributed by atoms with Crippen molar-refractivity contribution in [2.75, 3.05) is 39.6 Å². The van der Waals surface area contributed by atoms with E-state index in [1.165, 1.54) is 193 Å². The Balaban J connectivity index is 5.24. The molecular formula is C74H144O17P2. The monoisotopic (exact) mass is 1370 g/mol. The molecule has 0 amide bonds. The van der Waals surface area contributed by atoms with Gasteiger partial charge in [-0.25, -0.2) is 9.13 Å². The number of phosphoric acid groups is 2. The van der Waals surface area contributed by atoms with Gasteiger partial charge in [0.05, 0.1) is 26.4 Å². The highest BCUT2D eigenvalue weighted by Gasteiger charge is 2.30. The SMILES string of the molecule is CCCCCCCCCCCCCCCC(=O)OC[C@H](COP(=O)(O)OC[C@@H](O)COP(=O)(O)OC[C@@H](COC(=O)CCCCCCCCCC(C)C)OC(=O)CCCCCCCCCCCCCCC)OC(=O)CCCCCCCCCCCCCCCCC(C)C. The largest absolute Gasteiger partial charge is 0.472 e. The number of aliphatic hydroxyl groups excluding tert-OH is 1. The number of unbranched alkanes of at least 4 members (excludes halogenated alkanes) is 43. The van der Waals surface area contributed by atoms with Crippen LogP contribution in [0.3, 0.4) is 0 Å². The van der Waals surface area contributed by atoms with Gasteiger partial charge in [-0.05, 0) is 37.5 Å². The highest BCUT2D eigenvalue weighted by atomic mass is 31.2. The maximum atomic E-state index is 13.1. The summed E-state index contributed by atoms with van der Waals surface area (Å²) in [6.45, 7) is 9.55. The van der Waals surface area contributed by atoms with Gasteiger partial charge in [0.25, 0.3) is 0 Å². The number of carbonyl (C=O) groups excluding carboxylic acids is 4. The molecule has 0 aliphatic carbocycles. The molecular weight excluding hydrogens is 1220 g/mol. The van der Waals surface area contributed by atoms with Crippen molar-refractivity contribution in [3.63, 3.8) is 0 Å². The number of carbonyl (C=O) groups is 4. The Bertz CT molecular complexity index is 1800. The minimum atomic E-state index is -4.95. The molecule has 0 aromatic carbocycles. The van der Waals surface area contributed by atoms with E-state index in [0.29, 0.717) is 31.6 Å². The predicted octanol–water partition coefficient (Wildman–Crippen LogP) is 21.6. The molecule has 0 saturated heterocycles. The van der Waals surface area contributed by atoms with Crippen molar-refractivity contribution in [2.24, 2.45) is 11.8 Å². The van der Waals surface area contributed by atoms with Gasteiger partial charge in [-0.3, -0.25) is 37.3 Å². The number of phosphoric ester groups is 2. The average Bonchev–Trinajstić information content (AvgIpc) is 1.61. The van der Waals surface area contributed by atoms with Gasteiger partial charge in [0.1, 0.15) is 19.3 Å². The number of aliphatic hydroxyl groups is 1. The lowest BCUT2D eigenvalue weighted by Gasteiger charge is -2.21. The van der Waals surface area contributed by atoms with Crippen LogP contribution in [0.1, 0.15) is 382 Å². The van der Waals surface area contributed by atoms with Crippen LogP contribution in [0.2, 0.25) is 0 Å². The molecule has 5 atom stereocenters. The minimum absolute atomic E-state index is 0.107. The van der Waals surface area contributed by atoms with Gasteiger partial charge >= 0.3 is 39.5 Å². The van der Waals surface area contributed by atoms with Gasteiger partial charge in [0, 0.05) is 25.7 Å². The van der Waals surface area contributed by atoms with Crippen molar-refractivity contribution in [2.45, 2.75) is 400 Å². The number of hydrogen-bond acceptors (Lipinski definition) is 15. The zero-order valence-corrected chi connectivity index (χ0v) is 62.3. The molecule has 0 radical (unpaired) electrons. The molecule has 552 valence electrons. The number of esters is 4. The van der Waals surface area contributed by atoms with Gasteiger partial charge in [-0.2, -0.15) is 0 Å². The molecule has 0 heterocycles. The number of ether oxygens (including phenoxy) is 4. The molecule has 0 spiro atoms. The van der Waals surface area contributed by atoms with Gasteiger partial charge < -0.3 is 33.8 Å². The fourth-order valence-corrected chi connectivity index (χ4v) is 12.9. The summed E-state index contributed by atoms with van der Waals surface area (Å²) in [5.41, 5.74) is 0. The third kappa shape index (κ3) is 68.4. The molecule has 3 N–H and O–H groups in total. The van der Waals surface area contributed by atoms with Gasteiger partial charge in [-0.15, -0.1) is 0 Å². The first-order valence-corrected chi connectivity index (χ1v) is 41.5. The second-order valence-electron chi connectivity index (χ2n) is 27.6. The van der Waals surface area contributed by atoms with E-state index in [0.717, 1.165) is 102 Å². The van der Waals surface area contributed by atoms with Crippen molar-refractivity contribution in [3.05, 3.63) is 0 Å². The molecule has 17 nitrogen and oxygen atoms in total. The zero-order chi connectivity index (χ0) is 68.6. The number of rotatable bonds is 73. The first-order chi connectivity index (χ1) is 44.9. The molecule has 0 aliphatic heterocycles. The number of hydrogen-bond donors (Lipinski definition) is 3. The van der Waals surface area contributed by atoms with Crippen molar-refractivity contribution >= 4 is 39.5 Å².